The van der Waals surface area contributed by atoms with Gasteiger partial charge in [-0.2, -0.15) is 0 Å². The van der Waals surface area contributed by atoms with Crippen molar-refractivity contribution in [3.63, 3.8) is 0 Å². The number of aliphatic hydroxyl groups is 1. The Morgan fingerprint density at radius 1 is 1.26 bits per heavy atom. The van der Waals surface area contributed by atoms with Crippen LogP contribution in [0.4, 0.5) is 5.13 Å². The molecule has 0 saturated heterocycles. The Bertz CT molecular complexity index is 1010. The van der Waals surface area contributed by atoms with Crippen LogP contribution in [0.2, 0.25) is 0 Å². The molecule has 6 atom stereocenters. The van der Waals surface area contributed by atoms with Crippen molar-refractivity contribution in [2.24, 2.45) is 23.2 Å². The van der Waals surface area contributed by atoms with E-state index in [2.05, 4.69) is 48.3 Å². The molecule has 2 aliphatic rings. The van der Waals surface area contributed by atoms with Gasteiger partial charge >= 0.3 is 0 Å². The van der Waals surface area contributed by atoms with Crippen LogP contribution in [0.3, 0.4) is 0 Å². The van der Waals surface area contributed by atoms with Gasteiger partial charge in [-0.05, 0) is 56.2 Å². The van der Waals surface area contributed by atoms with Gasteiger partial charge in [-0.3, -0.25) is 4.79 Å². The quantitative estimate of drug-likeness (QED) is 0.562. The third kappa shape index (κ3) is 5.42. The average Bonchev–Trinajstić information content (AvgIpc) is 3.23. The van der Waals surface area contributed by atoms with Crippen LogP contribution in [0, 0.1) is 23.2 Å². The van der Waals surface area contributed by atoms with Crippen molar-refractivity contribution in [2.45, 2.75) is 58.6 Å². The van der Waals surface area contributed by atoms with Crippen LogP contribution < -0.4 is 5.32 Å². The summed E-state index contributed by atoms with van der Waals surface area (Å²) in [5, 5.41) is 16.2. The van der Waals surface area contributed by atoms with Crippen LogP contribution in [-0.4, -0.2) is 66.1 Å². The Morgan fingerprint density at radius 2 is 1.97 bits per heavy atom. The van der Waals surface area contributed by atoms with Gasteiger partial charge in [0.15, 0.2) is 5.13 Å². The fourth-order valence-corrected chi connectivity index (χ4v) is 7.65. The van der Waals surface area contributed by atoms with E-state index >= 15 is 0 Å². The standard InChI is InChI=1S/C28H42N4O2S/c1-18(26(34)32(6)15-14-31(4)5)21-12-13-28(3)16-22-24(19(2)23(28)25(21)33)30-27(35-22)29-17-20-10-8-7-9-11-20/h7-11,18-19,21,23,25,33H,12-17H2,1-6H3,(H,29,30). The molecule has 0 bridgehead atoms. The average molecular weight is 499 g/mol. The first kappa shape index (κ1) is 26.1. The molecular weight excluding hydrogens is 456 g/mol. The van der Waals surface area contributed by atoms with Crippen LogP contribution in [0.15, 0.2) is 30.3 Å². The number of hydrogen-bond acceptors (Lipinski definition) is 6. The summed E-state index contributed by atoms with van der Waals surface area (Å²) >= 11 is 1.77. The number of thiazole rings is 1. The van der Waals surface area contributed by atoms with Gasteiger partial charge in [0.2, 0.25) is 5.91 Å². The van der Waals surface area contributed by atoms with E-state index in [4.69, 9.17) is 4.98 Å². The molecule has 1 aromatic carbocycles. The Kier molecular flexibility index (Phi) is 7.89. The second kappa shape index (κ2) is 10.6. The molecule has 1 heterocycles. The van der Waals surface area contributed by atoms with Gasteiger partial charge in [0, 0.05) is 43.4 Å². The predicted octanol–water partition coefficient (Wildman–Crippen LogP) is 4.46. The molecule has 6 unspecified atom stereocenters. The maximum atomic E-state index is 13.2. The van der Waals surface area contributed by atoms with Gasteiger partial charge in [-0.25, -0.2) is 4.98 Å². The van der Waals surface area contributed by atoms with Crippen molar-refractivity contribution in [2.75, 3.05) is 39.5 Å². The van der Waals surface area contributed by atoms with Gasteiger partial charge in [0.1, 0.15) is 0 Å². The number of carbonyl (C=O) groups excluding carboxylic acids is 1. The molecule has 2 aliphatic carbocycles. The number of nitrogens with zero attached hydrogens (tertiary/aromatic N) is 3. The predicted molar refractivity (Wildman–Crippen MR) is 144 cm³/mol. The number of rotatable bonds is 8. The number of anilines is 1. The normalized spacial score (nSPS) is 28.8. The summed E-state index contributed by atoms with van der Waals surface area (Å²) in [6.45, 7) is 8.88. The zero-order chi connectivity index (χ0) is 25.3. The molecule has 35 heavy (non-hydrogen) atoms. The molecule has 6 nitrogen and oxygen atoms in total. The minimum Gasteiger partial charge on any atom is -0.392 e. The zero-order valence-corrected chi connectivity index (χ0v) is 22.9. The van der Waals surface area contributed by atoms with E-state index in [0.29, 0.717) is 6.54 Å². The first-order chi connectivity index (χ1) is 16.6. The van der Waals surface area contributed by atoms with E-state index < -0.39 is 6.10 Å². The number of aromatic nitrogens is 1. The van der Waals surface area contributed by atoms with Gasteiger partial charge in [-0.15, -0.1) is 11.3 Å². The fourth-order valence-electron chi connectivity index (χ4n) is 6.39. The summed E-state index contributed by atoms with van der Waals surface area (Å²) in [6.07, 6.45) is 2.38. The third-order valence-electron chi connectivity index (χ3n) is 8.50. The molecule has 192 valence electrons. The number of fused-ring (bicyclic) bond motifs is 2. The number of nitrogens with one attached hydrogen (secondary N) is 1. The SMILES string of the molecule is CC(C(=O)N(C)CCN(C)C)C1CCC2(C)Cc3sc(NCc4ccccc4)nc3C(C)C2C1O. The number of benzene rings is 1. The first-order valence-corrected chi connectivity index (χ1v) is 13.8. The van der Waals surface area contributed by atoms with Crippen molar-refractivity contribution in [1.82, 2.24) is 14.8 Å². The van der Waals surface area contributed by atoms with Crippen molar-refractivity contribution < 1.29 is 9.90 Å². The minimum absolute atomic E-state index is 0.0132. The number of likely N-dealkylation sites (N-methyl/N-ethyl adjacent to an activating group) is 2. The Hall–Kier alpha value is -1.96. The highest BCUT2D eigenvalue weighted by Crippen LogP contribution is 2.57. The lowest BCUT2D eigenvalue weighted by atomic mass is 9.53. The summed E-state index contributed by atoms with van der Waals surface area (Å²) in [5.41, 5.74) is 2.40. The fraction of sp³-hybridized carbons (Fsp3) is 0.643. The monoisotopic (exact) mass is 498 g/mol. The first-order valence-electron chi connectivity index (χ1n) is 13.0. The van der Waals surface area contributed by atoms with Crippen molar-refractivity contribution >= 4 is 22.4 Å². The Labute approximate surface area is 214 Å². The summed E-state index contributed by atoms with van der Waals surface area (Å²) in [5.74, 6) is 0.221. The van der Waals surface area contributed by atoms with Crippen LogP contribution in [0.25, 0.3) is 0 Å². The molecule has 0 spiro atoms. The highest BCUT2D eigenvalue weighted by atomic mass is 32.1. The second-order valence-electron chi connectivity index (χ2n) is 11.4. The molecular formula is C28H42N4O2S. The lowest BCUT2D eigenvalue weighted by Crippen LogP contribution is -2.53. The van der Waals surface area contributed by atoms with Crippen molar-refractivity contribution in [1.29, 1.82) is 0 Å². The van der Waals surface area contributed by atoms with Crippen LogP contribution >= 0.6 is 11.3 Å². The van der Waals surface area contributed by atoms with E-state index in [9.17, 15) is 9.90 Å². The maximum Gasteiger partial charge on any atom is 0.225 e. The number of amides is 1. The molecule has 1 fully saturated rings. The van der Waals surface area contributed by atoms with Crippen LogP contribution in [-0.2, 0) is 17.8 Å². The summed E-state index contributed by atoms with van der Waals surface area (Å²) in [7, 11) is 5.93. The topological polar surface area (TPSA) is 68.7 Å². The smallest absolute Gasteiger partial charge is 0.225 e. The second-order valence-corrected chi connectivity index (χ2v) is 12.4. The molecule has 2 N–H and O–H groups in total. The lowest BCUT2D eigenvalue weighted by Gasteiger charge is -2.53. The number of aliphatic hydroxyl groups excluding tert-OH is 1. The number of carbonyl (C=O) groups is 1. The van der Waals surface area contributed by atoms with E-state index in [1.54, 1.807) is 11.3 Å². The molecule has 0 radical (unpaired) electrons. The molecule has 1 amide bonds. The Balaban J connectivity index is 1.48. The van der Waals surface area contributed by atoms with E-state index in [1.165, 1.54) is 10.4 Å². The lowest BCUT2D eigenvalue weighted by molar-refractivity contribution is -0.143. The van der Waals surface area contributed by atoms with E-state index in [0.717, 1.165) is 43.2 Å². The van der Waals surface area contributed by atoms with Gasteiger partial charge < -0.3 is 20.2 Å². The highest BCUT2D eigenvalue weighted by molar-refractivity contribution is 7.15. The molecule has 2 aromatic rings. The van der Waals surface area contributed by atoms with E-state index in [1.807, 2.05) is 39.0 Å². The highest BCUT2D eigenvalue weighted by Gasteiger charge is 2.54. The largest absolute Gasteiger partial charge is 0.392 e. The van der Waals surface area contributed by atoms with Gasteiger partial charge in [0.05, 0.1) is 11.8 Å². The Morgan fingerprint density at radius 3 is 2.66 bits per heavy atom. The van der Waals surface area contributed by atoms with Crippen LogP contribution in [0.1, 0.15) is 55.7 Å². The van der Waals surface area contributed by atoms with Crippen LogP contribution in [0.5, 0.6) is 0 Å². The minimum atomic E-state index is -0.500. The third-order valence-corrected chi connectivity index (χ3v) is 9.53. The van der Waals surface area contributed by atoms with Crippen molar-refractivity contribution in [3.8, 4) is 0 Å². The summed E-state index contributed by atoms with van der Waals surface area (Å²) in [6, 6.07) is 10.4. The molecule has 4 rings (SSSR count). The molecule has 1 aromatic heterocycles. The molecule has 7 heteroatoms. The molecule has 0 aliphatic heterocycles. The van der Waals surface area contributed by atoms with Crippen molar-refractivity contribution in [3.05, 3.63) is 46.5 Å². The summed E-state index contributed by atoms with van der Waals surface area (Å²) in [4.78, 5) is 23.5. The van der Waals surface area contributed by atoms with Gasteiger partial charge in [0.25, 0.3) is 0 Å². The number of hydrogen-bond donors (Lipinski definition) is 2. The molecule has 1 saturated carbocycles. The maximum absolute atomic E-state index is 13.2. The van der Waals surface area contributed by atoms with E-state index in [-0.39, 0.29) is 35.0 Å². The van der Waals surface area contributed by atoms with Gasteiger partial charge in [-0.1, -0.05) is 51.1 Å². The zero-order valence-electron chi connectivity index (χ0n) is 22.1. The summed E-state index contributed by atoms with van der Waals surface area (Å²) < 4.78 is 0.